The monoisotopic (exact) mass is 398 g/mol. The maximum atomic E-state index is 10.7. The number of carboxylic acids is 1. The van der Waals surface area contributed by atoms with Crippen LogP contribution in [0.5, 0.6) is 0 Å². The molecule has 1 saturated heterocycles. The number of benzene rings is 1. The Labute approximate surface area is 159 Å². The molecular weight excluding hydrogens is 383 g/mol. The van der Waals surface area contributed by atoms with E-state index in [-0.39, 0.29) is 5.75 Å². The number of carbonyl (C=O) groups is 1. The number of aliphatic carboxylic acids is 1. The van der Waals surface area contributed by atoms with Gasteiger partial charge in [0.1, 0.15) is 11.0 Å². The van der Waals surface area contributed by atoms with Crippen molar-refractivity contribution in [1.82, 2.24) is 9.97 Å². The van der Waals surface area contributed by atoms with Crippen molar-refractivity contribution in [1.29, 1.82) is 0 Å². The lowest BCUT2D eigenvalue weighted by molar-refractivity contribution is -0.133. The minimum atomic E-state index is -0.910. The quantitative estimate of drug-likeness (QED) is 0.470. The number of carboxylic acid groups (broad SMARTS) is 1. The van der Waals surface area contributed by atoms with Crippen molar-refractivity contribution < 1.29 is 9.90 Å². The van der Waals surface area contributed by atoms with E-state index in [9.17, 15) is 4.79 Å². The molecule has 0 atom stereocenters. The van der Waals surface area contributed by atoms with E-state index >= 15 is 0 Å². The first-order valence-electron chi connectivity index (χ1n) is 7.66. The molecule has 0 saturated carbocycles. The van der Waals surface area contributed by atoms with Crippen molar-refractivity contribution in [3.8, 4) is 0 Å². The lowest BCUT2D eigenvalue weighted by atomic mass is 10.2. The smallest absolute Gasteiger partial charge is 0.313 e. The Morgan fingerprint density at radius 2 is 1.72 bits per heavy atom. The van der Waals surface area contributed by atoms with E-state index in [0.717, 1.165) is 54.5 Å². The Hall–Kier alpha value is -1.70. The third-order valence-corrected chi connectivity index (χ3v) is 5.06. The van der Waals surface area contributed by atoms with Gasteiger partial charge >= 0.3 is 5.97 Å². The fourth-order valence-electron chi connectivity index (χ4n) is 2.58. The number of halogens is 2. The molecule has 2 aromatic rings. The zero-order valence-electron chi connectivity index (χ0n) is 13.2. The number of piperazine rings is 1. The van der Waals surface area contributed by atoms with Crippen LogP contribution in [0.2, 0.25) is 10.2 Å². The van der Waals surface area contributed by atoms with Gasteiger partial charge in [0.2, 0.25) is 0 Å². The molecule has 0 unspecified atom stereocenters. The predicted octanol–water partition coefficient (Wildman–Crippen LogP) is 3.29. The van der Waals surface area contributed by atoms with Gasteiger partial charge in [0.05, 0.1) is 5.75 Å². The molecule has 1 aliphatic rings. The highest BCUT2D eigenvalue weighted by atomic mass is 35.5. The molecule has 1 aromatic heterocycles. The van der Waals surface area contributed by atoms with Crippen LogP contribution in [-0.2, 0) is 4.79 Å². The Morgan fingerprint density at radius 3 is 2.36 bits per heavy atom. The average molecular weight is 399 g/mol. The highest BCUT2D eigenvalue weighted by Crippen LogP contribution is 2.24. The summed E-state index contributed by atoms with van der Waals surface area (Å²) in [4.78, 5) is 23.6. The first-order chi connectivity index (χ1) is 12.0. The van der Waals surface area contributed by atoms with Crippen molar-refractivity contribution in [2.24, 2.45) is 0 Å². The van der Waals surface area contributed by atoms with Gasteiger partial charge in [-0.3, -0.25) is 4.79 Å². The van der Waals surface area contributed by atoms with Crippen molar-refractivity contribution >= 4 is 52.4 Å². The Kier molecular flexibility index (Phi) is 5.88. The number of thioether (sulfide) groups is 1. The van der Waals surface area contributed by atoms with Gasteiger partial charge in [0, 0.05) is 43.0 Å². The molecule has 0 spiro atoms. The third kappa shape index (κ3) is 4.90. The van der Waals surface area contributed by atoms with Crippen LogP contribution < -0.4 is 9.80 Å². The molecule has 6 nitrogen and oxygen atoms in total. The van der Waals surface area contributed by atoms with Crippen LogP contribution in [-0.4, -0.2) is 53.0 Å². The van der Waals surface area contributed by atoms with Crippen molar-refractivity contribution in [3.05, 3.63) is 40.5 Å². The summed E-state index contributed by atoms with van der Waals surface area (Å²) >= 11 is 13.1. The molecule has 132 valence electrons. The van der Waals surface area contributed by atoms with E-state index in [4.69, 9.17) is 28.3 Å². The fourth-order valence-corrected chi connectivity index (χ4v) is 3.51. The number of anilines is 2. The molecule has 0 radical (unpaired) electrons. The lowest BCUT2D eigenvalue weighted by Crippen LogP contribution is -2.46. The Morgan fingerprint density at radius 1 is 1.08 bits per heavy atom. The van der Waals surface area contributed by atoms with Crippen LogP contribution in [0.3, 0.4) is 0 Å². The molecule has 1 fully saturated rings. The third-order valence-electron chi connectivity index (χ3n) is 3.78. The summed E-state index contributed by atoms with van der Waals surface area (Å²) < 4.78 is 0. The molecule has 9 heteroatoms. The second kappa shape index (κ2) is 8.12. The molecule has 1 aromatic carbocycles. The number of hydrogen-bond donors (Lipinski definition) is 1. The van der Waals surface area contributed by atoms with Gasteiger partial charge in [0.25, 0.3) is 0 Å². The number of hydrogen-bond acceptors (Lipinski definition) is 6. The molecule has 3 rings (SSSR count). The molecule has 2 heterocycles. The summed E-state index contributed by atoms with van der Waals surface area (Å²) in [5.74, 6) is -0.278. The van der Waals surface area contributed by atoms with E-state index in [1.807, 2.05) is 24.3 Å². The number of nitrogens with zero attached hydrogens (tertiary/aromatic N) is 4. The topological polar surface area (TPSA) is 69.6 Å². The Bertz CT molecular complexity index is 752. The van der Waals surface area contributed by atoms with Crippen molar-refractivity contribution in [2.75, 3.05) is 41.7 Å². The number of aromatic nitrogens is 2. The van der Waals surface area contributed by atoms with E-state index in [1.165, 1.54) is 0 Å². The summed E-state index contributed by atoms with van der Waals surface area (Å²) in [5, 5.41) is 10.2. The highest BCUT2D eigenvalue weighted by Gasteiger charge is 2.19. The van der Waals surface area contributed by atoms with Crippen LogP contribution in [0.25, 0.3) is 0 Å². The van der Waals surface area contributed by atoms with Gasteiger partial charge in [-0.15, -0.1) is 0 Å². The molecular formula is C16H16Cl2N4O2S. The first-order valence-corrected chi connectivity index (χ1v) is 9.40. The fraction of sp³-hybridized carbons (Fsp3) is 0.312. The van der Waals surface area contributed by atoms with Gasteiger partial charge in [-0.2, -0.15) is 0 Å². The van der Waals surface area contributed by atoms with Gasteiger partial charge in [-0.05, 0) is 24.3 Å². The number of rotatable bonds is 5. The van der Waals surface area contributed by atoms with E-state index < -0.39 is 5.97 Å². The SMILES string of the molecule is O=C(O)CSc1nc(Cl)cc(N2CCN(c3ccc(Cl)cc3)CC2)n1. The van der Waals surface area contributed by atoms with Gasteiger partial charge < -0.3 is 14.9 Å². The molecule has 0 aliphatic carbocycles. The van der Waals surface area contributed by atoms with Gasteiger partial charge in [0.15, 0.2) is 5.16 Å². The van der Waals surface area contributed by atoms with E-state index in [0.29, 0.717) is 10.3 Å². The summed E-state index contributed by atoms with van der Waals surface area (Å²) in [6.45, 7) is 3.28. The van der Waals surface area contributed by atoms with E-state index in [1.54, 1.807) is 6.07 Å². The van der Waals surface area contributed by atoms with Crippen LogP contribution >= 0.6 is 35.0 Å². The van der Waals surface area contributed by atoms with E-state index in [2.05, 4.69) is 19.8 Å². The predicted molar refractivity (Wildman–Crippen MR) is 101 cm³/mol. The highest BCUT2D eigenvalue weighted by molar-refractivity contribution is 7.99. The molecule has 1 aliphatic heterocycles. The standard InChI is InChI=1S/C16H16Cl2N4O2S/c17-11-1-3-12(4-2-11)21-5-7-22(8-6-21)14-9-13(18)19-16(20-14)25-10-15(23)24/h1-4,9H,5-8,10H2,(H,23,24). The summed E-state index contributed by atoms with van der Waals surface area (Å²) in [5.41, 5.74) is 1.14. The normalized spacial score (nSPS) is 14.6. The van der Waals surface area contributed by atoms with Crippen LogP contribution in [0.15, 0.2) is 35.5 Å². The molecule has 0 bridgehead atoms. The van der Waals surface area contributed by atoms with Crippen molar-refractivity contribution in [3.63, 3.8) is 0 Å². The second-order valence-electron chi connectivity index (χ2n) is 5.46. The second-order valence-corrected chi connectivity index (χ2v) is 7.23. The van der Waals surface area contributed by atoms with Crippen LogP contribution in [0.1, 0.15) is 0 Å². The van der Waals surface area contributed by atoms with Crippen molar-refractivity contribution in [2.45, 2.75) is 5.16 Å². The van der Waals surface area contributed by atoms with Crippen LogP contribution in [0.4, 0.5) is 11.5 Å². The van der Waals surface area contributed by atoms with Gasteiger partial charge in [-0.1, -0.05) is 35.0 Å². The maximum Gasteiger partial charge on any atom is 0.313 e. The largest absolute Gasteiger partial charge is 0.481 e. The zero-order valence-corrected chi connectivity index (χ0v) is 15.6. The minimum Gasteiger partial charge on any atom is -0.481 e. The molecule has 25 heavy (non-hydrogen) atoms. The Balaban J connectivity index is 1.66. The summed E-state index contributed by atoms with van der Waals surface area (Å²) in [6.07, 6.45) is 0. The molecule has 1 N–H and O–H groups in total. The van der Waals surface area contributed by atoms with Gasteiger partial charge in [-0.25, -0.2) is 9.97 Å². The molecule has 0 amide bonds. The summed E-state index contributed by atoms with van der Waals surface area (Å²) in [7, 11) is 0. The zero-order chi connectivity index (χ0) is 17.8. The minimum absolute atomic E-state index is 0.0931. The first kappa shape index (κ1) is 18.1. The average Bonchev–Trinajstić information content (AvgIpc) is 2.60. The summed E-state index contributed by atoms with van der Waals surface area (Å²) in [6, 6.07) is 9.52. The lowest BCUT2D eigenvalue weighted by Gasteiger charge is -2.36. The maximum absolute atomic E-state index is 10.7. The van der Waals surface area contributed by atoms with Crippen LogP contribution in [0, 0.1) is 0 Å².